The Bertz CT molecular complexity index is 605. The summed E-state index contributed by atoms with van der Waals surface area (Å²) >= 11 is 0. The van der Waals surface area contributed by atoms with Gasteiger partial charge in [-0.05, 0) is 31.6 Å². The number of nitrogens with one attached hydrogen (secondary N) is 1. The molecular weight excluding hydrogens is 278 g/mol. The Morgan fingerprint density at radius 3 is 2.95 bits per heavy atom. The van der Waals surface area contributed by atoms with Crippen LogP contribution in [0.4, 0.5) is 0 Å². The highest BCUT2D eigenvalue weighted by atomic mass is 16.5. The first kappa shape index (κ1) is 16.0. The summed E-state index contributed by atoms with van der Waals surface area (Å²) in [6.45, 7) is 3.95. The second-order valence-electron chi connectivity index (χ2n) is 4.73. The normalized spacial score (nSPS) is 11.0. The van der Waals surface area contributed by atoms with Crippen molar-refractivity contribution in [3.05, 3.63) is 54.4 Å². The van der Waals surface area contributed by atoms with Crippen LogP contribution in [0.5, 0.6) is 0 Å². The molecule has 0 spiro atoms. The molecule has 0 atom stereocenters. The van der Waals surface area contributed by atoms with Gasteiger partial charge in [-0.2, -0.15) is 5.10 Å². The molecule has 0 unspecified atom stereocenters. The number of aromatic nitrogens is 2. The maximum absolute atomic E-state index is 11.7. The second kappa shape index (κ2) is 8.79. The highest BCUT2D eigenvalue weighted by Crippen LogP contribution is 2.08. The summed E-state index contributed by atoms with van der Waals surface area (Å²) in [5, 5.41) is 7.09. The fourth-order valence-corrected chi connectivity index (χ4v) is 1.91. The van der Waals surface area contributed by atoms with Gasteiger partial charge in [0, 0.05) is 37.6 Å². The van der Waals surface area contributed by atoms with E-state index in [1.807, 2.05) is 43.5 Å². The molecule has 1 N–H and O–H groups in total. The van der Waals surface area contributed by atoms with Crippen molar-refractivity contribution in [1.82, 2.24) is 15.1 Å². The van der Waals surface area contributed by atoms with Gasteiger partial charge in [0.1, 0.15) is 0 Å². The van der Waals surface area contributed by atoms with Crippen molar-refractivity contribution >= 4 is 12.0 Å². The van der Waals surface area contributed by atoms with Crippen LogP contribution in [0, 0.1) is 0 Å². The minimum Gasteiger partial charge on any atom is -0.382 e. The van der Waals surface area contributed by atoms with Crippen molar-refractivity contribution in [2.45, 2.75) is 13.3 Å². The molecule has 5 nitrogen and oxygen atoms in total. The average Bonchev–Trinajstić information content (AvgIpc) is 3.02. The molecule has 2 rings (SSSR count). The third kappa shape index (κ3) is 5.18. The number of ether oxygens (including phenoxy) is 1. The fourth-order valence-electron chi connectivity index (χ4n) is 1.91. The van der Waals surface area contributed by atoms with Crippen molar-refractivity contribution in [2.75, 3.05) is 19.8 Å². The second-order valence-corrected chi connectivity index (χ2v) is 4.73. The standard InChI is InChI=1S/C17H21N3O2/c1-2-22-12-6-11-18-17(21)10-9-15-13-19-20(14-15)16-7-4-3-5-8-16/h3-5,7-10,13-14H,2,6,11-12H2,1H3,(H,18,21). The van der Waals surface area contributed by atoms with E-state index in [-0.39, 0.29) is 5.91 Å². The molecule has 22 heavy (non-hydrogen) atoms. The summed E-state index contributed by atoms with van der Waals surface area (Å²) in [5.74, 6) is -0.107. The monoisotopic (exact) mass is 299 g/mol. The Balaban J connectivity index is 1.81. The van der Waals surface area contributed by atoms with Crippen molar-refractivity contribution < 1.29 is 9.53 Å². The first-order chi connectivity index (χ1) is 10.8. The van der Waals surface area contributed by atoms with E-state index in [1.54, 1.807) is 17.0 Å². The van der Waals surface area contributed by atoms with Crippen molar-refractivity contribution in [3.63, 3.8) is 0 Å². The van der Waals surface area contributed by atoms with Crippen LogP contribution in [0.3, 0.4) is 0 Å². The maximum Gasteiger partial charge on any atom is 0.244 e. The zero-order chi connectivity index (χ0) is 15.6. The number of hydrogen-bond donors (Lipinski definition) is 1. The Morgan fingerprint density at radius 2 is 2.18 bits per heavy atom. The van der Waals surface area contributed by atoms with E-state index >= 15 is 0 Å². The number of amides is 1. The molecule has 0 saturated carbocycles. The third-order valence-electron chi connectivity index (χ3n) is 3.02. The van der Waals surface area contributed by atoms with Crippen LogP contribution in [0.15, 0.2) is 48.8 Å². The first-order valence-electron chi connectivity index (χ1n) is 7.43. The van der Waals surface area contributed by atoms with Gasteiger partial charge in [0.25, 0.3) is 0 Å². The summed E-state index contributed by atoms with van der Waals surface area (Å²) in [6.07, 6.45) is 7.71. The first-order valence-corrected chi connectivity index (χ1v) is 7.43. The Labute approximate surface area is 130 Å². The van der Waals surface area contributed by atoms with Gasteiger partial charge in [-0.3, -0.25) is 4.79 Å². The molecule has 0 aliphatic heterocycles. The van der Waals surface area contributed by atoms with Crippen LogP contribution in [0.25, 0.3) is 11.8 Å². The molecule has 1 aromatic heterocycles. The Morgan fingerprint density at radius 1 is 1.36 bits per heavy atom. The van der Waals surface area contributed by atoms with Crippen LogP contribution in [-0.4, -0.2) is 35.4 Å². The molecule has 1 amide bonds. The van der Waals surface area contributed by atoms with Crippen LogP contribution in [-0.2, 0) is 9.53 Å². The van der Waals surface area contributed by atoms with Crippen LogP contribution < -0.4 is 5.32 Å². The molecule has 1 aromatic carbocycles. The van der Waals surface area contributed by atoms with E-state index in [1.165, 1.54) is 6.08 Å². The van der Waals surface area contributed by atoms with E-state index in [0.29, 0.717) is 19.8 Å². The molecule has 0 bridgehead atoms. The molecule has 0 fully saturated rings. The fraction of sp³-hybridized carbons (Fsp3) is 0.294. The van der Waals surface area contributed by atoms with Gasteiger partial charge in [0.15, 0.2) is 0 Å². The number of benzene rings is 1. The summed E-state index contributed by atoms with van der Waals surface area (Å²) in [5.41, 5.74) is 1.87. The zero-order valence-electron chi connectivity index (χ0n) is 12.7. The topological polar surface area (TPSA) is 56.1 Å². The van der Waals surface area contributed by atoms with Crippen LogP contribution in [0.2, 0.25) is 0 Å². The summed E-state index contributed by atoms with van der Waals surface area (Å²) in [7, 11) is 0. The number of nitrogens with zero attached hydrogens (tertiary/aromatic N) is 2. The molecule has 0 aliphatic rings. The van der Waals surface area contributed by atoms with Gasteiger partial charge in [0.05, 0.1) is 11.9 Å². The Hall–Kier alpha value is -2.40. The predicted octanol–water partition coefficient (Wildman–Crippen LogP) is 2.43. The van der Waals surface area contributed by atoms with Crippen molar-refractivity contribution in [1.29, 1.82) is 0 Å². The van der Waals surface area contributed by atoms with Crippen LogP contribution in [0.1, 0.15) is 18.9 Å². The predicted molar refractivity (Wildman–Crippen MR) is 86.7 cm³/mol. The number of hydrogen-bond acceptors (Lipinski definition) is 3. The number of para-hydroxylation sites is 1. The molecule has 1 heterocycles. The molecule has 5 heteroatoms. The van der Waals surface area contributed by atoms with Gasteiger partial charge in [0.2, 0.25) is 5.91 Å². The number of carbonyl (C=O) groups excluding carboxylic acids is 1. The number of rotatable bonds is 8. The SMILES string of the molecule is CCOCCCNC(=O)C=Cc1cnn(-c2ccccc2)c1. The molecule has 0 saturated heterocycles. The lowest BCUT2D eigenvalue weighted by Gasteiger charge is -2.02. The largest absolute Gasteiger partial charge is 0.382 e. The highest BCUT2D eigenvalue weighted by molar-refractivity contribution is 5.91. The van der Waals surface area contributed by atoms with Gasteiger partial charge < -0.3 is 10.1 Å². The Kier molecular flexibility index (Phi) is 6.39. The molecule has 116 valence electrons. The quantitative estimate of drug-likeness (QED) is 0.601. The molecule has 0 radical (unpaired) electrons. The van der Waals surface area contributed by atoms with Crippen LogP contribution >= 0.6 is 0 Å². The molecule has 0 aliphatic carbocycles. The lowest BCUT2D eigenvalue weighted by molar-refractivity contribution is -0.116. The third-order valence-corrected chi connectivity index (χ3v) is 3.02. The maximum atomic E-state index is 11.7. The van der Waals surface area contributed by atoms with E-state index in [4.69, 9.17) is 4.74 Å². The lowest BCUT2D eigenvalue weighted by Crippen LogP contribution is -2.23. The van der Waals surface area contributed by atoms with Crippen molar-refractivity contribution in [2.24, 2.45) is 0 Å². The van der Waals surface area contributed by atoms with Gasteiger partial charge in [-0.15, -0.1) is 0 Å². The van der Waals surface area contributed by atoms with Gasteiger partial charge in [-0.25, -0.2) is 4.68 Å². The van der Waals surface area contributed by atoms with Gasteiger partial charge in [-0.1, -0.05) is 18.2 Å². The summed E-state index contributed by atoms with van der Waals surface area (Å²) in [4.78, 5) is 11.7. The minimum atomic E-state index is -0.107. The van der Waals surface area contributed by atoms with E-state index in [0.717, 1.165) is 17.7 Å². The van der Waals surface area contributed by atoms with E-state index in [9.17, 15) is 4.79 Å². The molecular formula is C17H21N3O2. The smallest absolute Gasteiger partial charge is 0.244 e. The van der Waals surface area contributed by atoms with Crippen molar-refractivity contribution in [3.8, 4) is 5.69 Å². The van der Waals surface area contributed by atoms with E-state index in [2.05, 4.69) is 10.4 Å². The summed E-state index contributed by atoms with van der Waals surface area (Å²) in [6, 6.07) is 9.84. The zero-order valence-corrected chi connectivity index (χ0v) is 12.7. The molecule has 2 aromatic rings. The van der Waals surface area contributed by atoms with E-state index < -0.39 is 0 Å². The number of carbonyl (C=O) groups is 1. The minimum absolute atomic E-state index is 0.107. The highest BCUT2D eigenvalue weighted by Gasteiger charge is 1.99. The summed E-state index contributed by atoms with van der Waals surface area (Å²) < 4.78 is 6.99. The average molecular weight is 299 g/mol. The lowest BCUT2D eigenvalue weighted by atomic mass is 10.3. The van der Waals surface area contributed by atoms with Gasteiger partial charge >= 0.3 is 0 Å².